The number of carbonyl (C=O) groups excluding carboxylic acids is 2. The van der Waals surface area contributed by atoms with Crippen molar-refractivity contribution in [2.24, 2.45) is 0 Å². The Kier molecular flexibility index (Phi) is 7.47. The van der Waals surface area contributed by atoms with Crippen molar-refractivity contribution >= 4 is 11.8 Å². The molecule has 0 saturated carbocycles. The van der Waals surface area contributed by atoms with Gasteiger partial charge in [-0.25, -0.2) is 0 Å². The summed E-state index contributed by atoms with van der Waals surface area (Å²) in [6.07, 6.45) is 0.154. The van der Waals surface area contributed by atoms with Gasteiger partial charge in [-0.15, -0.1) is 0 Å². The third-order valence-corrected chi connectivity index (χ3v) is 4.64. The van der Waals surface area contributed by atoms with Crippen LogP contribution in [-0.4, -0.2) is 62.3 Å². The molecule has 1 aliphatic heterocycles. The summed E-state index contributed by atoms with van der Waals surface area (Å²) >= 11 is 0. The summed E-state index contributed by atoms with van der Waals surface area (Å²) in [6, 6.07) is 17.9. The Labute approximate surface area is 170 Å². The first kappa shape index (κ1) is 20.7. The minimum Gasteiger partial charge on any atom is -0.488 e. The molecule has 2 atom stereocenters. The maximum atomic E-state index is 12.8. The average molecular weight is 398 g/mol. The highest BCUT2D eigenvalue weighted by molar-refractivity contribution is 5.89. The van der Waals surface area contributed by atoms with Gasteiger partial charge >= 0.3 is 0 Å². The van der Waals surface area contributed by atoms with Crippen LogP contribution in [0.4, 0.5) is 0 Å². The molecule has 7 heteroatoms. The van der Waals surface area contributed by atoms with Crippen molar-refractivity contribution in [3.8, 4) is 11.5 Å². The zero-order valence-corrected chi connectivity index (χ0v) is 16.5. The fourth-order valence-electron chi connectivity index (χ4n) is 3.24. The van der Waals surface area contributed by atoms with E-state index in [0.29, 0.717) is 37.6 Å². The van der Waals surface area contributed by atoms with E-state index in [1.165, 1.54) is 0 Å². The van der Waals surface area contributed by atoms with Gasteiger partial charge in [-0.05, 0) is 24.3 Å². The van der Waals surface area contributed by atoms with E-state index in [9.17, 15) is 9.59 Å². The van der Waals surface area contributed by atoms with Gasteiger partial charge in [0, 0.05) is 20.1 Å². The first-order valence-corrected chi connectivity index (χ1v) is 9.63. The Morgan fingerprint density at radius 3 is 2.34 bits per heavy atom. The lowest BCUT2D eigenvalue weighted by Gasteiger charge is -2.23. The van der Waals surface area contributed by atoms with Gasteiger partial charge in [0.05, 0.1) is 13.2 Å². The monoisotopic (exact) mass is 398 g/mol. The molecule has 2 amide bonds. The minimum atomic E-state index is -0.604. The van der Waals surface area contributed by atoms with Gasteiger partial charge in [-0.1, -0.05) is 36.4 Å². The van der Waals surface area contributed by atoms with Crippen LogP contribution in [0.1, 0.15) is 6.42 Å². The van der Waals surface area contributed by atoms with Crippen LogP contribution in [0.25, 0.3) is 0 Å². The lowest BCUT2D eigenvalue weighted by Crippen LogP contribution is -2.48. The Balaban J connectivity index is 1.64. The number of amides is 2. The summed E-state index contributed by atoms with van der Waals surface area (Å²) in [5.74, 6) is 0.860. The van der Waals surface area contributed by atoms with Crippen LogP contribution in [0.5, 0.6) is 11.5 Å². The van der Waals surface area contributed by atoms with E-state index in [0.717, 1.165) is 0 Å². The van der Waals surface area contributed by atoms with E-state index in [1.54, 1.807) is 24.1 Å². The van der Waals surface area contributed by atoms with Crippen LogP contribution >= 0.6 is 0 Å². The second-order valence-corrected chi connectivity index (χ2v) is 6.74. The normalized spacial score (nSPS) is 18.3. The van der Waals surface area contributed by atoms with Gasteiger partial charge < -0.3 is 24.4 Å². The van der Waals surface area contributed by atoms with Crippen LogP contribution in [0.3, 0.4) is 0 Å². The molecule has 0 spiro atoms. The van der Waals surface area contributed by atoms with Gasteiger partial charge in [-0.3, -0.25) is 9.59 Å². The predicted octanol–water partition coefficient (Wildman–Crippen LogP) is 1.88. The smallest absolute Gasteiger partial charge is 0.261 e. The van der Waals surface area contributed by atoms with E-state index in [4.69, 9.17) is 14.2 Å². The minimum absolute atomic E-state index is 0.135. The molecule has 7 nitrogen and oxygen atoms in total. The molecule has 154 valence electrons. The molecule has 0 bridgehead atoms. The highest BCUT2D eigenvalue weighted by Crippen LogP contribution is 2.24. The molecule has 1 aliphatic rings. The van der Waals surface area contributed by atoms with Crippen molar-refractivity contribution in [1.29, 1.82) is 0 Å². The predicted molar refractivity (Wildman–Crippen MR) is 108 cm³/mol. The molecular formula is C22H26N2O5. The Hall–Kier alpha value is -3.06. The number of likely N-dealkylation sites (tertiary alicyclic amines) is 1. The van der Waals surface area contributed by atoms with Crippen molar-refractivity contribution < 1.29 is 23.8 Å². The number of nitrogens with zero attached hydrogens (tertiary/aromatic N) is 1. The molecule has 0 radical (unpaired) electrons. The molecule has 1 saturated heterocycles. The Morgan fingerprint density at radius 1 is 1.03 bits per heavy atom. The van der Waals surface area contributed by atoms with Crippen LogP contribution in [0.15, 0.2) is 60.7 Å². The van der Waals surface area contributed by atoms with Gasteiger partial charge in [-0.2, -0.15) is 0 Å². The van der Waals surface area contributed by atoms with Crippen molar-refractivity contribution in [3.05, 3.63) is 60.7 Å². The van der Waals surface area contributed by atoms with Crippen molar-refractivity contribution in [3.63, 3.8) is 0 Å². The lowest BCUT2D eigenvalue weighted by atomic mass is 10.2. The summed E-state index contributed by atoms with van der Waals surface area (Å²) in [7, 11) is 1.57. The van der Waals surface area contributed by atoms with Gasteiger partial charge in [0.25, 0.3) is 5.91 Å². The third kappa shape index (κ3) is 5.96. The molecule has 3 rings (SSSR count). The SMILES string of the molecule is COCCNC(=O)[C@@H]1C[C@H](Oc2ccccc2)CN1C(=O)COc1ccccc1. The first-order chi connectivity index (χ1) is 14.2. The summed E-state index contributed by atoms with van der Waals surface area (Å²) in [5, 5.41) is 2.81. The molecule has 1 fully saturated rings. The quantitative estimate of drug-likeness (QED) is 0.653. The van der Waals surface area contributed by atoms with Crippen LogP contribution in [0, 0.1) is 0 Å². The average Bonchev–Trinajstić information content (AvgIpc) is 3.17. The topological polar surface area (TPSA) is 77.1 Å². The van der Waals surface area contributed by atoms with Crippen LogP contribution < -0.4 is 14.8 Å². The zero-order chi connectivity index (χ0) is 20.5. The fraction of sp³-hybridized carbons (Fsp3) is 0.364. The number of rotatable bonds is 9. The maximum absolute atomic E-state index is 12.8. The summed E-state index contributed by atoms with van der Waals surface area (Å²) < 4.78 is 16.5. The molecule has 2 aromatic rings. The molecular weight excluding hydrogens is 372 g/mol. The highest BCUT2D eigenvalue weighted by atomic mass is 16.5. The van der Waals surface area contributed by atoms with E-state index in [1.807, 2.05) is 48.5 Å². The van der Waals surface area contributed by atoms with Gasteiger partial charge in [0.15, 0.2) is 6.61 Å². The highest BCUT2D eigenvalue weighted by Gasteiger charge is 2.40. The zero-order valence-electron chi connectivity index (χ0n) is 16.5. The van der Waals surface area contributed by atoms with E-state index >= 15 is 0 Å². The standard InChI is InChI=1S/C22H26N2O5/c1-27-13-12-23-22(26)20-14-19(29-18-10-6-3-7-11-18)15-24(20)21(25)16-28-17-8-4-2-5-9-17/h2-11,19-20H,12-16H2,1H3,(H,23,26)/t19-,20-/m0/s1. The number of hydrogen-bond acceptors (Lipinski definition) is 5. The molecule has 1 heterocycles. The maximum Gasteiger partial charge on any atom is 0.261 e. The molecule has 2 aromatic carbocycles. The number of para-hydroxylation sites is 2. The number of carbonyl (C=O) groups is 2. The van der Waals surface area contributed by atoms with E-state index in [2.05, 4.69) is 5.32 Å². The van der Waals surface area contributed by atoms with Crippen LogP contribution in [0.2, 0.25) is 0 Å². The number of nitrogens with one attached hydrogen (secondary N) is 1. The summed E-state index contributed by atoms with van der Waals surface area (Å²) in [6.45, 7) is 0.990. The number of ether oxygens (including phenoxy) is 3. The van der Waals surface area contributed by atoms with Gasteiger partial charge in [0.2, 0.25) is 5.91 Å². The molecule has 1 N–H and O–H groups in total. The number of hydrogen-bond donors (Lipinski definition) is 1. The summed E-state index contributed by atoms with van der Waals surface area (Å²) in [4.78, 5) is 27.0. The summed E-state index contributed by atoms with van der Waals surface area (Å²) in [5.41, 5.74) is 0. The number of methoxy groups -OCH3 is 1. The second-order valence-electron chi connectivity index (χ2n) is 6.74. The molecule has 29 heavy (non-hydrogen) atoms. The van der Waals surface area contributed by atoms with Crippen LogP contribution in [-0.2, 0) is 14.3 Å². The van der Waals surface area contributed by atoms with Crippen molar-refractivity contribution in [1.82, 2.24) is 10.2 Å². The Bertz CT molecular complexity index is 784. The molecule has 0 aromatic heterocycles. The second kappa shape index (κ2) is 10.5. The van der Waals surface area contributed by atoms with E-state index < -0.39 is 6.04 Å². The van der Waals surface area contributed by atoms with Crippen molar-refractivity contribution in [2.75, 3.05) is 33.4 Å². The third-order valence-electron chi connectivity index (χ3n) is 4.64. The fourth-order valence-corrected chi connectivity index (χ4v) is 3.24. The lowest BCUT2D eigenvalue weighted by molar-refractivity contribution is -0.140. The molecule has 0 aliphatic carbocycles. The van der Waals surface area contributed by atoms with Crippen molar-refractivity contribution in [2.45, 2.75) is 18.6 Å². The van der Waals surface area contributed by atoms with E-state index in [-0.39, 0.29) is 24.5 Å². The largest absolute Gasteiger partial charge is 0.488 e. The first-order valence-electron chi connectivity index (χ1n) is 9.63. The molecule has 0 unspecified atom stereocenters. The Morgan fingerprint density at radius 2 is 1.69 bits per heavy atom. The number of benzene rings is 2. The van der Waals surface area contributed by atoms with Gasteiger partial charge in [0.1, 0.15) is 23.6 Å².